The van der Waals surface area contributed by atoms with Crippen molar-refractivity contribution >= 4 is 17.7 Å². The number of fused-ring (bicyclic) bond motifs is 1. The number of carbonyl (C=O) groups is 1. The Hall–Kier alpha value is -2.63. The summed E-state index contributed by atoms with van der Waals surface area (Å²) in [6.45, 7) is 3.20. The Bertz CT molecular complexity index is 818. The Kier molecular flexibility index (Phi) is 5.23. The van der Waals surface area contributed by atoms with Crippen LogP contribution in [0.2, 0.25) is 0 Å². The Morgan fingerprint density at radius 3 is 2.93 bits per heavy atom. The molecule has 6 nitrogen and oxygen atoms in total. The molecule has 1 saturated carbocycles. The Balaban J connectivity index is 1.53. The fourth-order valence-electron chi connectivity index (χ4n) is 3.88. The van der Waals surface area contributed by atoms with Gasteiger partial charge in [0.05, 0.1) is 6.61 Å². The number of aromatic nitrogens is 2. The van der Waals surface area contributed by atoms with Crippen molar-refractivity contribution < 1.29 is 9.53 Å². The summed E-state index contributed by atoms with van der Waals surface area (Å²) >= 11 is 0. The number of rotatable bonds is 5. The van der Waals surface area contributed by atoms with Crippen molar-refractivity contribution in [3.63, 3.8) is 0 Å². The SMILES string of the molecule is CCN(C(=O)c1ccc2c(c1)CCO2)c1ccnc(NC2CCCCC2)n1. The number of nitrogens with zero attached hydrogens (tertiary/aromatic N) is 3. The molecule has 0 spiro atoms. The molecule has 1 aromatic carbocycles. The molecule has 1 aliphatic heterocycles. The van der Waals surface area contributed by atoms with Gasteiger partial charge in [0.2, 0.25) is 5.95 Å². The molecule has 0 radical (unpaired) electrons. The normalized spacial score (nSPS) is 16.5. The smallest absolute Gasteiger partial charge is 0.259 e. The molecule has 142 valence electrons. The second-order valence-electron chi connectivity index (χ2n) is 7.19. The maximum absolute atomic E-state index is 13.1. The summed E-state index contributed by atoms with van der Waals surface area (Å²) < 4.78 is 5.54. The van der Waals surface area contributed by atoms with Crippen LogP contribution < -0.4 is 15.0 Å². The van der Waals surface area contributed by atoms with E-state index in [-0.39, 0.29) is 5.91 Å². The van der Waals surface area contributed by atoms with E-state index in [0.717, 1.165) is 30.6 Å². The number of benzene rings is 1. The lowest BCUT2D eigenvalue weighted by atomic mass is 9.96. The van der Waals surface area contributed by atoms with Crippen molar-refractivity contribution in [1.29, 1.82) is 0 Å². The van der Waals surface area contributed by atoms with Gasteiger partial charge in [-0.15, -0.1) is 0 Å². The number of anilines is 2. The summed E-state index contributed by atoms with van der Waals surface area (Å²) in [6, 6.07) is 7.88. The Labute approximate surface area is 160 Å². The zero-order chi connectivity index (χ0) is 18.6. The van der Waals surface area contributed by atoms with Gasteiger partial charge in [0.15, 0.2) is 0 Å². The minimum atomic E-state index is -0.0467. The third kappa shape index (κ3) is 3.89. The highest BCUT2D eigenvalue weighted by molar-refractivity contribution is 6.05. The minimum absolute atomic E-state index is 0.0467. The molecule has 27 heavy (non-hydrogen) atoms. The molecule has 6 heteroatoms. The molecular formula is C21H26N4O2. The first-order valence-electron chi connectivity index (χ1n) is 9.92. The summed E-state index contributed by atoms with van der Waals surface area (Å²) in [5.41, 5.74) is 1.76. The predicted octanol–water partition coefficient (Wildman–Crippen LogP) is 3.82. The van der Waals surface area contributed by atoms with Crippen molar-refractivity contribution in [2.75, 3.05) is 23.4 Å². The lowest BCUT2D eigenvalue weighted by Crippen LogP contribution is -2.32. The maximum atomic E-state index is 13.1. The van der Waals surface area contributed by atoms with E-state index in [1.807, 2.05) is 25.1 Å². The molecule has 2 aromatic rings. The second kappa shape index (κ2) is 7.94. The van der Waals surface area contributed by atoms with Crippen molar-refractivity contribution in [1.82, 2.24) is 9.97 Å². The maximum Gasteiger partial charge on any atom is 0.259 e. The first kappa shape index (κ1) is 17.8. The zero-order valence-corrected chi connectivity index (χ0v) is 15.8. The van der Waals surface area contributed by atoms with Gasteiger partial charge in [-0.1, -0.05) is 19.3 Å². The topological polar surface area (TPSA) is 67.4 Å². The predicted molar refractivity (Wildman–Crippen MR) is 106 cm³/mol. The van der Waals surface area contributed by atoms with Crippen LogP contribution in [0.3, 0.4) is 0 Å². The third-order valence-electron chi connectivity index (χ3n) is 5.35. The van der Waals surface area contributed by atoms with Crippen molar-refractivity contribution in [3.8, 4) is 5.75 Å². The summed E-state index contributed by atoms with van der Waals surface area (Å²) in [5, 5.41) is 3.44. The number of carbonyl (C=O) groups excluding carboxylic acids is 1. The van der Waals surface area contributed by atoms with Gasteiger partial charge in [-0.3, -0.25) is 9.69 Å². The molecule has 0 saturated heterocycles. The number of ether oxygens (including phenoxy) is 1. The lowest BCUT2D eigenvalue weighted by Gasteiger charge is -2.24. The number of nitrogens with one attached hydrogen (secondary N) is 1. The van der Waals surface area contributed by atoms with Gasteiger partial charge < -0.3 is 10.1 Å². The van der Waals surface area contributed by atoms with E-state index in [1.165, 1.54) is 19.3 Å². The van der Waals surface area contributed by atoms with E-state index < -0.39 is 0 Å². The van der Waals surface area contributed by atoms with E-state index in [0.29, 0.717) is 36.5 Å². The molecule has 1 N–H and O–H groups in total. The summed E-state index contributed by atoms with van der Waals surface area (Å²) in [6.07, 6.45) is 8.69. The van der Waals surface area contributed by atoms with E-state index in [9.17, 15) is 4.79 Å². The van der Waals surface area contributed by atoms with Gasteiger partial charge in [-0.2, -0.15) is 4.98 Å². The van der Waals surface area contributed by atoms with Crippen molar-refractivity contribution in [2.24, 2.45) is 0 Å². The summed E-state index contributed by atoms with van der Waals surface area (Å²) in [4.78, 5) is 23.7. The summed E-state index contributed by atoms with van der Waals surface area (Å²) in [7, 11) is 0. The fourth-order valence-corrected chi connectivity index (χ4v) is 3.88. The highest BCUT2D eigenvalue weighted by atomic mass is 16.5. The van der Waals surface area contributed by atoms with Crippen LogP contribution >= 0.6 is 0 Å². The van der Waals surface area contributed by atoms with Gasteiger partial charge in [0, 0.05) is 30.8 Å². The number of hydrogen-bond acceptors (Lipinski definition) is 5. The molecule has 1 fully saturated rings. The highest BCUT2D eigenvalue weighted by Gasteiger charge is 2.21. The molecule has 1 aromatic heterocycles. The average molecular weight is 366 g/mol. The molecule has 2 aliphatic rings. The van der Waals surface area contributed by atoms with Crippen molar-refractivity contribution in [2.45, 2.75) is 51.5 Å². The molecule has 1 aliphatic carbocycles. The summed E-state index contributed by atoms with van der Waals surface area (Å²) in [5.74, 6) is 2.07. The first-order chi connectivity index (χ1) is 13.2. The van der Waals surface area contributed by atoms with Crippen LogP contribution in [0.1, 0.15) is 54.9 Å². The van der Waals surface area contributed by atoms with Crippen LogP contribution in [-0.2, 0) is 6.42 Å². The van der Waals surface area contributed by atoms with Crippen LogP contribution in [0.25, 0.3) is 0 Å². The van der Waals surface area contributed by atoms with E-state index >= 15 is 0 Å². The third-order valence-corrected chi connectivity index (χ3v) is 5.35. The van der Waals surface area contributed by atoms with Crippen LogP contribution in [0.5, 0.6) is 5.75 Å². The quantitative estimate of drug-likeness (QED) is 0.871. The van der Waals surface area contributed by atoms with Gasteiger partial charge in [-0.25, -0.2) is 4.98 Å². The monoisotopic (exact) mass is 366 g/mol. The molecule has 0 unspecified atom stereocenters. The Morgan fingerprint density at radius 1 is 1.26 bits per heavy atom. The standard InChI is InChI=1S/C21H26N4O2/c1-2-25(20(26)16-8-9-18-15(14-16)11-13-27-18)19-10-12-22-21(24-19)23-17-6-4-3-5-7-17/h8-10,12,14,17H,2-7,11,13H2,1H3,(H,22,23,24). The lowest BCUT2D eigenvalue weighted by molar-refractivity contribution is 0.0987. The number of amides is 1. The zero-order valence-electron chi connectivity index (χ0n) is 15.8. The molecule has 2 heterocycles. The van der Waals surface area contributed by atoms with Crippen LogP contribution in [-0.4, -0.2) is 35.1 Å². The average Bonchev–Trinajstić information content (AvgIpc) is 3.17. The number of hydrogen-bond donors (Lipinski definition) is 1. The molecule has 4 rings (SSSR count). The first-order valence-corrected chi connectivity index (χ1v) is 9.92. The molecular weight excluding hydrogens is 340 g/mol. The molecule has 0 atom stereocenters. The van der Waals surface area contributed by atoms with E-state index in [1.54, 1.807) is 17.2 Å². The Morgan fingerprint density at radius 2 is 2.11 bits per heavy atom. The van der Waals surface area contributed by atoms with Crippen molar-refractivity contribution in [3.05, 3.63) is 41.6 Å². The largest absolute Gasteiger partial charge is 0.493 e. The van der Waals surface area contributed by atoms with Gasteiger partial charge >= 0.3 is 0 Å². The van der Waals surface area contributed by atoms with E-state index in [2.05, 4.69) is 15.3 Å². The van der Waals surface area contributed by atoms with Gasteiger partial charge in [0.25, 0.3) is 5.91 Å². The van der Waals surface area contributed by atoms with Crippen LogP contribution in [0.15, 0.2) is 30.5 Å². The van der Waals surface area contributed by atoms with Gasteiger partial charge in [0.1, 0.15) is 11.6 Å². The minimum Gasteiger partial charge on any atom is -0.493 e. The highest BCUT2D eigenvalue weighted by Crippen LogP contribution is 2.27. The van der Waals surface area contributed by atoms with Gasteiger partial charge in [-0.05, 0) is 49.6 Å². The molecule has 1 amide bonds. The van der Waals surface area contributed by atoms with Crippen LogP contribution in [0, 0.1) is 0 Å². The van der Waals surface area contributed by atoms with E-state index in [4.69, 9.17) is 4.74 Å². The second-order valence-corrected chi connectivity index (χ2v) is 7.19. The fraction of sp³-hybridized carbons (Fsp3) is 0.476. The van der Waals surface area contributed by atoms with Crippen LogP contribution in [0.4, 0.5) is 11.8 Å². The molecule has 0 bridgehead atoms.